The number of para-hydroxylation sites is 2. The number of benzene rings is 2. The third-order valence-electron chi connectivity index (χ3n) is 3.88. The minimum absolute atomic E-state index is 0.0536. The molecule has 2 aromatic carbocycles. The van der Waals surface area contributed by atoms with Gasteiger partial charge in [-0.15, -0.1) is 0 Å². The first-order valence-corrected chi connectivity index (χ1v) is 8.70. The molecule has 0 unspecified atom stereocenters. The molecule has 0 saturated carbocycles. The molecule has 0 radical (unpaired) electrons. The number of carbonyl (C=O) groups is 2. The maximum absolute atomic E-state index is 12.5. The lowest BCUT2D eigenvalue weighted by Gasteiger charge is -2.35. The molecule has 0 spiro atoms. The van der Waals surface area contributed by atoms with E-state index in [1.807, 2.05) is 18.2 Å². The van der Waals surface area contributed by atoms with E-state index in [1.54, 1.807) is 36.2 Å². The minimum atomic E-state index is -0.691. The van der Waals surface area contributed by atoms with Gasteiger partial charge in [0.05, 0.1) is 18.8 Å². The summed E-state index contributed by atoms with van der Waals surface area (Å²) in [5.74, 6) is 0.0631. The van der Waals surface area contributed by atoms with Gasteiger partial charge < -0.3 is 20.3 Å². The summed E-state index contributed by atoms with van der Waals surface area (Å²) in [5, 5.41) is 6.21. The predicted octanol–water partition coefficient (Wildman–Crippen LogP) is 2.95. The fraction of sp³-hybridized carbons (Fsp3) is 0.222. The van der Waals surface area contributed by atoms with Crippen LogP contribution in [0.15, 0.2) is 42.5 Å². The van der Waals surface area contributed by atoms with Gasteiger partial charge in [0.15, 0.2) is 6.10 Å². The summed E-state index contributed by atoms with van der Waals surface area (Å²) < 4.78 is 5.73. The number of likely N-dealkylation sites (N-methyl/N-ethyl adjacent to an activating group) is 1. The normalized spacial score (nSPS) is 15.7. The lowest BCUT2D eigenvalue weighted by Crippen LogP contribution is -2.50. The second-order valence-electron chi connectivity index (χ2n) is 5.78. The van der Waals surface area contributed by atoms with Crippen LogP contribution in [-0.4, -0.2) is 38.1 Å². The van der Waals surface area contributed by atoms with Crippen molar-refractivity contribution in [3.63, 3.8) is 0 Å². The van der Waals surface area contributed by atoms with Gasteiger partial charge in [-0.25, -0.2) is 0 Å². The van der Waals surface area contributed by atoms with Gasteiger partial charge >= 0.3 is 0 Å². The second kappa shape index (κ2) is 7.85. The Bertz CT molecular complexity index is 824. The number of amides is 2. The summed E-state index contributed by atoms with van der Waals surface area (Å²) >= 11 is 11.9. The maximum atomic E-state index is 12.5. The van der Waals surface area contributed by atoms with Crippen molar-refractivity contribution in [2.75, 3.05) is 30.4 Å². The highest BCUT2D eigenvalue weighted by atomic mass is 35.5. The molecular formula is C18H17Cl2N3O3. The lowest BCUT2D eigenvalue weighted by atomic mass is 10.1. The van der Waals surface area contributed by atoms with E-state index in [9.17, 15) is 9.59 Å². The molecule has 0 saturated heterocycles. The predicted molar refractivity (Wildman–Crippen MR) is 102 cm³/mol. The average Bonchev–Trinajstić information content (AvgIpc) is 2.59. The minimum Gasteiger partial charge on any atom is -0.477 e. The molecule has 1 aliphatic rings. The molecule has 8 heteroatoms. The van der Waals surface area contributed by atoms with Gasteiger partial charge in [0, 0.05) is 22.8 Å². The molecule has 1 aliphatic heterocycles. The van der Waals surface area contributed by atoms with Gasteiger partial charge in [-0.2, -0.15) is 0 Å². The van der Waals surface area contributed by atoms with Crippen molar-refractivity contribution in [1.29, 1.82) is 0 Å². The largest absolute Gasteiger partial charge is 0.477 e. The molecule has 3 rings (SSSR count). The van der Waals surface area contributed by atoms with Crippen LogP contribution in [0.5, 0.6) is 5.75 Å². The summed E-state index contributed by atoms with van der Waals surface area (Å²) in [6, 6.07) is 12.1. The first kappa shape index (κ1) is 18.4. The molecule has 2 N–H and O–H groups in total. The number of nitrogens with zero attached hydrogens (tertiary/aromatic N) is 1. The van der Waals surface area contributed by atoms with Crippen LogP contribution in [0.25, 0.3) is 0 Å². The number of halogens is 2. The number of carbonyl (C=O) groups excluding carboxylic acids is 2. The van der Waals surface area contributed by atoms with Crippen molar-refractivity contribution in [2.45, 2.75) is 6.10 Å². The van der Waals surface area contributed by atoms with Crippen molar-refractivity contribution >= 4 is 46.4 Å². The number of nitrogens with one attached hydrogen (secondary N) is 2. The van der Waals surface area contributed by atoms with Gasteiger partial charge in [-0.1, -0.05) is 35.3 Å². The fourth-order valence-corrected chi connectivity index (χ4v) is 3.28. The van der Waals surface area contributed by atoms with Crippen molar-refractivity contribution in [1.82, 2.24) is 5.32 Å². The number of rotatable bonds is 4. The van der Waals surface area contributed by atoms with Crippen LogP contribution in [-0.2, 0) is 9.59 Å². The van der Waals surface area contributed by atoms with Crippen LogP contribution in [0.1, 0.15) is 0 Å². The quantitative estimate of drug-likeness (QED) is 0.837. The highest BCUT2D eigenvalue weighted by Crippen LogP contribution is 2.33. The Morgan fingerprint density at radius 3 is 2.58 bits per heavy atom. The van der Waals surface area contributed by atoms with E-state index in [1.165, 1.54) is 0 Å². The Morgan fingerprint density at radius 1 is 1.19 bits per heavy atom. The van der Waals surface area contributed by atoms with Crippen molar-refractivity contribution in [3.05, 3.63) is 52.5 Å². The third-order valence-corrected chi connectivity index (χ3v) is 4.32. The molecule has 1 atom stereocenters. The summed E-state index contributed by atoms with van der Waals surface area (Å²) in [5.41, 5.74) is 1.27. The number of ether oxygens (including phenoxy) is 1. The number of hydrogen-bond donors (Lipinski definition) is 2. The zero-order valence-corrected chi connectivity index (χ0v) is 15.5. The van der Waals surface area contributed by atoms with E-state index in [0.717, 1.165) is 5.69 Å². The Balaban J connectivity index is 1.76. The van der Waals surface area contributed by atoms with E-state index in [4.69, 9.17) is 27.9 Å². The van der Waals surface area contributed by atoms with Crippen LogP contribution in [0.3, 0.4) is 0 Å². The molecule has 0 aromatic heterocycles. The van der Waals surface area contributed by atoms with Gasteiger partial charge in [0.25, 0.3) is 5.91 Å². The molecule has 6 nitrogen and oxygen atoms in total. The molecular weight excluding hydrogens is 377 g/mol. The van der Waals surface area contributed by atoms with Gasteiger partial charge in [-0.05, 0) is 30.3 Å². The van der Waals surface area contributed by atoms with E-state index < -0.39 is 6.10 Å². The molecule has 26 heavy (non-hydrogen) atoms. The summed E-state index contributed by atoms with van der Waals surface area (Å²) in [6.07, 6.45) is -0.691. The van der Waals surface area contributed by atoms with Crippen molar-refractivity contribution < 1.29 is 14.3 Å². The molecule has 0 bridgehead atoms. The lowest BCUT2D eigenvalue weighted by molar-refractivity contribution is -0.127. The standard InChI is InChI=1S/C18H17Cl2N3O3/c1-21-18(25)16-9-23(14-4-2-3-5-15(14)26-16)10-17(24)22-13-7-11(19)6-12(20)8-13/h2-8,16H,9-10H2,1H3,(H,21,25)(H,22,24)/t16-/m0/s1. The van der Waals surface area contributed by atoms with Crippen LogP contribution in [0.4, 0.5) is 11.4 Å². The monoisotopic (exact) mass is 393 g/mol. The molecule has 1 heterocycles. The van der Waals surface area contributed by atoms with Crippen molar-refractivity contribution in [2.24, 2.45) is 0 Å². The molecule has 0 aliphatic carbocycles. The molecule has 136 valence electrons. The second-order valence-corrected chi connectivity index (χ2v) is 6.65. The Labute approximate surface area is 161 Å². The van der Waals surface area contributed by atoms with Crippen LogP contribution >= 0.6 is 23.2 Å². The first-order valence-electron chi connectivity index (χ1n) is 7.94. The Kier molecular flexibility index (Phi) is 5.54. The van der Waals surface area contributed by atoms with Crippen LogP contribution < -0.4 is 20.3 Å². The highest BCUT2D eigenvalue weighted by molar-refractivity contribution is 6.35. The van der Waals surface area contributed by atoms with E-state index >= 15 is 0 Å². The third kappa shape index (κ3) is 4.20. The van der Waals surface area contributed by atoms with Crippen LogP contribution in [0, 0.1) is 0 Å². The molecule has 0 fully saturated rings. The van der Waals surface area contributed by atoms with Gasteiger partial charge in [0.1, 0.15) is 5.75 Å². The first-order chi connectivity index (χ1) is 12.5. The molecule has 2 aromatic rings. The van der Waals surface area contributed by atoms with Gasteiger partial charge in [-0.3, -0.25) is 9.59 Å². The number of fused-ring (bicyclic) bond motifs is 1. The Morgan fingerprint density at radius 2 is 1.88 bits per heavy atom. The fourth-order valence-electron chi connectivity index (χ4n) is 2.75. The summed E-state index contributed by atoms with van der Waals surface area (Å²) in [6.45, 7) is 0.318. The number of anilines is 2. The van der Waals surface area contributed by atoms with E-state index in [2.05, 4.69) is 10.6 Å². The number of hydrogen-bond acceptors (Lipinski definition) is 4. The van der Waals surface area contributed by atoms with Crippen molar-refractivity contribution in [3.8, 4) is 5.75 Å². The average molecular weight is 394 g/mol. The zero-order valence-electron chi connectivity index (χ0n) is 14.0. The van der Waals surface area contributed by atoms with E-state index in [-0.39, 0.29) is 24.9 Å². The summed E-state index contributed by atoms with van der Waals surface area (Å²) in [4.78, 5) is 26.3. The van der Waals surface area contributed by atoms with Crippen LogP contribution in [0.2, 0.25) is 10.0 Å². The maximum Gasteiger partial charge on any atom is 0.262 e. The van der Waals surface area contributed by atoms with E-state index in [0.29, 0.717) is 21.5 Å². The topological polar surface area (TPSA) is 70.7 Å². The Hall–Kier alpha value is -2.44. The smallest absolute Gasteiger partial charge is 0.262 e. The molecule has 2 amide bonds. The summed E-state index contributed by atoms with van der Waals surface area (Å²) in [7, 11) is 1.55. The highest BCUT2D eigenvalue weighted by Gasteiger charge is 2.30. The van der Waals surface area contributed by atoms with Gasteiger partial charge in [0.2, 0.25) is 5.91 Å². The zero-order chi connectivity index (χ0) is 18.7. The SMILES string of the molecule is CNC(=O)[C@@H]1CN(CC(=O)Nc2cc(Cl)cc(Cl)c2)c2ccccc2O1.